The zero-order chi connectivity index (χ0) is 21.6. The first-order valence-corrected chi connectivity index (χ1v) is 10.5. The van der Waals surface area contributed by atoms with Crippen LogP contribution in [0.2, 0.25) is 10.0 Å². The number of oxazole rings is 1. The molecular formula is C24H19Cl2N3O2. The van der Waals surface area contributed by atoms with Gasteiger partial charge in [0.25, 0.3) is 0 Å². The van der Waals surface area contributed by atoms with Gasteiger partial charge in [-0.1, -0.05) is 29.3 Å². The molecule has 0 radical (unpaired) electrons. The molecule has 4 rings (SSSR count). The Bertz CT molecular complexity index is 1140. The minimum absolute atomic E-state index is 0.0563. The number of carbonyl (C=O) groups is 1. The Labute approximate surface area is 190 Å². The van der Waals surface area contributed by atoms with Gasteiger partial charge in [0.2, 0.25) is 5.91 Å². The third kappa shape index (κ3) is 5.51. The summed E-state index contributed by atoms with van der Waals surface area (Å²) in [6, 6.07) is 20.2. The highest BCUT2D eigenvalue weighted by molar-refractivity contribution is 6.30. The molecule has 2 aromatic heterocycles. The van der Waals surface area contributed by atoms with Crippen LogP contribution in [0.15, 0.2) is 83.5 Å². The van der Waals surface area contributed by atoms with E-state index in [1.54, 1.807) is 41.6 Å². The minimum atomic E-state index is -0.0563. The van der Waals surface area contributed by atoms with Crippen molar-refractivity contribution in [3.05, 3.63) is 101 Å². The zero-order valence-corrected chi connectivity index (χ0v) is 18.1. The van der Waals surface area contributed by atoms with E-state index >= 15 is 0 Å². The molecule has 0 atom stereocenters. The van der Waals surface area contributed by atoms with Crippen LogP contribution in [0.25, 0.3) is 11.3 Å². The normalized spacial score (nSPS) is 10.8. The van der Waals surface area contributed by atoms with Crippen LogP contribution in [0.4, 0.5) is 5.69 Å². The summed E-state index contributed by atoms with van der Waals surface area (Å²) in [4.78, 5) is 23.5. The Balaban J connectivity index is 1.47. The van der Waals surface area contributed by atoms with Gasteiger partial charge in [-0.25, -0.2) is 4.98 Å². The number of anilines is 1. The minimum Gasteiger partial charge on any atom is -0.441 e. The number of nitrogens with zero attached hydrogens (tertiary/aromatic N) is 3. The molecule has 0 aliphatic rings. The molecule has 31 heavy (non-hydrogen) atoms. The topological polar surface area (TPSA) is 59.2 Å². The van der Waals surface area contributed by atoms with E-state index in [4.69, 9.17) is 27.6 Å². The zero-order valence-electron chi connectivity index (χ0n) is 16.5. The monoisotopic (exact) mass is 451 g/mol. The molecule has 0 N–H and O–H groups in total. The average Bonchev–Trinajstić information content (AvgIpc) is 3.27. The molecule has 1 amide bonds. The number of benzene rings is 2. The molecule has 0 fully saturated rings. The predicted molar refractivity (Wildman–Crippen MR) is 122 cm³/mol. The summed E-state index contributed by atoms with van der Waals surface area (Å²) in [6.45, 7) is 0.364. The lowest BCUT2D eigenvalue weighted by Gasteiger charge is -2.22. The molecule has 0 saturated carbocycles. The molecule has 0 aliphatic heterocycles. The van der Waals surface area contributed by atoms with Crippen LogP contribution in [-0.4, -0.2) is 15.9 Å². The Hall–Kier alpha value is -3.15. The maximum absolute atomic E-state index is 13.1. The molecule has 2 aromatic carbocycles. The molecule has 0 aliphatic carbocycles. The Morgan fingerprint density at radius 2 is 1.61 bits per heavy atom. The molecule has 0 spiro atoms. The van der Waals surface area contributed by atoms with Crippen LogP contribution in [-0.2, 0) is 17.8 Å². The number of hydrogen-bond acceptors (Lipinski definition) is 4. The molecule has 4 aromatic rings. The van der Waals surface area contributed by atoms with Crippen molar-refractivity contribution >= 4 is 34.8 Å². The van der Waals surface area contributed by atoms with E-state index < -0.39 is 0 Å². The molecule has 5 nitrogen and oxygen atoms in total. The van der Waals surface area contributed by atoms with Gasteiger partial charge >= 0.3 is 0 Å². The molecule has 156 valence electrons. The quantitative estimate of drug-likeness (QED) is 0.335. The summed E-state index contributed by atoms with van der Waals surface area (Å²) in [6.07, 6.45) is 4.01. The van der Waals surface area contributed by atoms with E-state index in [-0.39, 0.29) is 12.3 Å². The summed E-state index contributed by atoms with van der Waals surface area (Å²) in [5.41, 5.74) is 2.44. The third-order valence-corrected chi connectivity index (χ3v) is 5.22. The second-order valence-electron chi connectivity index (χ2n) is 6.90. The van der Waals surface area contributed by atoms with Gasteiger partial charge in [0, 0.05) is 40.3 Å². The van der Waals surface area contributed by atoms with Crippen LogP contribution in [0.3, 0.4) is 0 Å². The number of aromatic nitrogens is 2. The Morgan fingerprint density at radius 3 is 2.29 bits per heavy atom. The van der Waals surface area contributed by atoms with Gasteiger partial charge in [-0.2, -0.15) is 0 Å². The van der Waals surface area contributed by atoms with E-state index in [0.29, 0.717) is 34.7 Å². The second-order valence-corrected chi connectivity index (χ2v) is 7.78. The van der Waals surface area contributed by atoms with Crippen molar-refractivity contribution in [3.63, 3.8) is 0 Å². The summed E-state index contributed by atoms with van der Waals surface area (Å²) in [5, 5.41) is 1.27. The Morgan fingerprint density at radius 1 is 0.903 bits per heavy atom. The summed E-state index contributed by atoms with van der Waals surface area (Å²) < 4.78 is 5.82. The molecular weight excluding hydrogens is 433 g/mol. The first kappa shape index (κ1) is 21.1. The maximum Gasteiger partial charge on any atom is 0.227 e. The van der Waals surface area contributed by atoms with E-state index in [0.717, 1.165) is 16.9 Å². The molecule has 0 saturated heterocycles. The number of carbonyl (C=O) groups excluding carboxylic acids is 1. The second kappa shape index (κ2) is 9.77. The first-order chi connectivity index (χ1) is 15.1. The first-order valence-electron chi connectivity index (χ1n) is 9.75. The lowest BCUT2D eigenvalue weighted by molar-refractivity contribution is -0.118. The number of rotatable bonds is 7. The van der Waals surface area contributed by atoms with Gasteiger partial charge in [0.15, 0.2) is 11.7 Å². The number of amides is 1. The number of hydrogen-bond donors (Lipinski definition) is 0. The van der Waals surface area contributed by atoms with Crippen LogP contribution in [0, 0.1) is 0 Å². The van der Waals surface area contributed by atoms with E-state index in [1.807, 2.05) is 42.5 Å². The number of pyridine rings is 1. The van der Waals surface area contributed by atoms with Gasteiger partial charge < -0.3 is 9.32 Å². The molecule has 2 heterocycles. The van der Waals surface area contributed by atoms with Crippen molar-refractivity contribution in [1.29, 1.82) is 0 Å². The van der Waals surface area contributed by atoms with Crippen LogP contribution < -0.4 is 4.90 Å². The van der Waals surface area contributed by atoms with E-state index in [2.05, 4.69) is 9.97 Å². The van der Waals surface area contributed by atoms with Crippen molar-refractivity contribution < 1.29 is 9.21 Å². The largest absolute Gasteiger partial charge is 0.441 e. The van der Waals surface area contributed by atoms with Crippen molar-refractivity contribution in [2.75, 3.05) is 4.90 Å². The van der Waals surface area contributed by atoms with Gasteiger partial charge in [-0.15, -0.1) is 0 Å². The highest BCUT2D eigenvalue weighted by Crippen LogP contribution is 2.24. The summed E-state index contributed by atoms with van der Waals surface area (Å²) in [7, 11) is 0. The molecule has 0 unspecified atom stereocenters. The van der Waals surface area contributed by atoms with Crippen molar-refractivity contribution in [2.45, 2.75) is 19.4 Å². The van der Waals surface area contributed by atoms with Gasteiger partial charge in [0.05, 0.1) is 18.4 Å². The molecule has 0 bridgehead atoms. The fourth-order valence-corrected chi connectivity index (χ4v) is 3.37. The number of halogens is 2. The average molecular weight is 452 g/mol. The number of aryl methyl sites for hydroxylation is 1. The van der Waals surface area contributed by atoms with E-state index in [1.165, 1.54) is 0 Å². The van der Waals surface area contributed by atoms with Crippen molar-refractivity contribution in [3.8, 4) is 11.3 Å². The predicted octanol–water partition coefficient (Wildman–Crippen LogP) is 6.21. The van der Waals surface area contributed by atoms with Crippen molar-refractivity contribution in [1.82, 2.24) is 9.97 Å². The van der Waals surface area contributed by atoms with Gasteiger partial charge in [-0.05, 0) is 60.7 Å². The fraction of sp³-hybridized carbons (Fsp3) is 0.125. The highest BCUT2D eigenvalue weighted by atomic mass is 35.5. The van der Waals surface area contributed by atoms with Crippen LogP contribution in [0.1, 0.15) is 18.0 Å². The fourth-order valence-electron chi connectivity index (χ4n) is 3.12. The van der Waals surface area contributed by atoms with Crippen LogP contribution >= 0.6 is 23.2 Å². The Kier molecular flexibility index (Phi) is 6.65. The third-order valence-electron chi connectivity index (χ3n) is 4.72. The lowest BCUT2D eigenvalue weighted by atomic mass is 10.2. The van der Waals surface area contributed by atoms with Crippen molar-refractivity contribution in [2.24, 2.45) is 0 Å². The molecule has 7 heteroatoms. The van der Waals surface area contributed by atoms with E-state index in [9.17, 15) is 4.79 Å². The van der Waals surface area contributed by atoms with Gasteiger partial charge in [0.1, 0.15) is 0 Å². The summed E-state index contributed by atoms with van der Waals surface area (Å²) >= 11 is 12.0. The summed E-state index contributed by atoms with van der Waals surface area (Å²) in [5.74, 6) is 1.09. The lowest BCUT2D eigenvalue weighted by Crippen LogP contribution is -2.31. The standard InChI is InChI=1S/C24H19Cl2N3O2/c25-18-6-4-17(5-7-18)22-15-28-23(31-22)12-13-24(30)29(16-20-3-1-2-14-27-20)21-10-8-19(26)9-11-21/h1-11,14-15H,12-13,16H2. The maximum atomic E-state index is 13.1. The highest BCUT2D eigenvalue weighted by Gasteiger charge is 2.18. The smallest absolute Gasteiger partial charge is 0.227 e. The van der Waals surface area contributed by atoms with Gasteiger partial charge in [-0.3, -0.25) is 9.78 Å². The SMILES string of the molecule is O=C(CCc1ncc(-c2ccc(Cl)cc2)o1)N(Cc1ccccn1)c1ccc(Cl)cc1. The van der Waals surface area contributed by atoms with Crippen LogP contribution in [0.5, 0.6) is 0 Å².